The van der Waals surface area contributed by atoms with Crippen LogP contribution >= 0.6 is 11.8 Å². The van der Waals surface area contributed by atoms with Gasteiger partial charge in [0.2, 0.25) is 0 Å². The molecule has 2 rings (SSSR count). The van der Waals surface area contributed by atoms with Gasteiger partial charge in [0.05, 0.1) is 6.61 Å². The highest BCUT2D eigenvalue weighted by atomic mass is 32.2. The monoisotopic (exact) mass is 349 g/mol. The van der Waals surface area contributed by atoms with Gasteiger partial charge in [0.25, 0.3) is 0 Å². The molecular formula is C18H27N3O2S. The summed E-state index contributed by atoms with van der Waals surface area (Å²) in [7, 11) is 1.77. The SMILES string of the molecule is CCOC(=O)CCCNC(=NC)NCC1(Sc2ccccc2)CC1. The Hall–Kier alpha value is -1.69. The summed E-state index contributed by atoms with van der Waals surface area (Å²) < 4.78 is 5.20. The van der Waals surface area contributed by atoms with Crippen molar-refractivity contribution >= 4 is 23.7 Å². The van der Waals surface area contributed by atoms with E-state index in [0.717, 1.165) is 18.9 Å². The van der Waals surface area contributed by atoms with Crippen molar-refractivity contribution in [3.8, 4) is 0 Å². The third-order valence-electron chi connectivity index (χ3n) is 3.84. The molecule has 6 heteroatoms. The third-order valence-corrected chi connectivity index (χ3v) is 5.34. The van der Waals surface area contributed by atoms with Gasteiger partial charge in [-0.2, -0.15) is 0 Å². The second kappa shape index (κ2) is 9.57. The predicted octanol–water partition coefficient (Wildman–Crippen LogP) is 2.82. The Bertz CT molecular complexity index is 544. The van der Waals surface area contributed by atoms with Gasteiger partial charge < -0.3 is 15.4 Å². The fourth-order valence-corrected chi connectivity index (χ4v) is 3.57. The lowest BCUT2D eigenvalue weighted by Gasteiger charge is -2.18. The maximum Gasteiger partial charge on any atom is 0.305 e. The van der Waals surface area contributed by atoms with Crippen molar-refractivity contribution in [3.05, 3.63) is 30.3 Å². The van der Waals surface area contributed by atoms with E-state index in [1.807, 2.05) is 24.8 Å². The number of guanidine groups is 1. The largest absolute Gasteiger partial charge is 0.466 e. The van der Waals surface area contributed by atoms with Gasteiger partial charge in [-0.15, -0.1) is 11.8 Å². The summed E-state index contributed by atoms with van der Waals surface area (Å²) in [5.74, 6) is 0.650. The van der Waals surface area contributed by atoms with E-state index >= 15 is 0 Å². The lowest BCUT2D eigenvalue weighted by Crippen LogP contribution is -2.41. The van der Waals surface area contributed by atoms with Gasteiger partial charge in [0.15, 0.2) is 5.96 Å². The zero-order chi connectivity index (χ0) is 17.3. The smallest absolute Gasteiger partial charge is 0.305 e. The first kappa shape index (κ1) is 18.6. The molecule has 24 heavy (non-hydrogen) atoms. The second-order valence-electron chi connectivity index (χ2n) is 5.86. The molecule has 0 saturated heterocycles. The third kappa shape index (κ3) is 6.43. The van der Waals surface area contributed by atoms with Crippen LogP contribution in [-0.4, -0.2) is 43.4 Å². The van der Waals surface area contributed by atoms with Crippen LogP contribution in [0.25, 0.3) is 0 Å². The van der Waals surface area contributed by atoms with E-state index < -0.39 is 0 Å². The lowest BCUT2D eigenvalue weighted by atomic mass is 10.3. The van der Waals surface area contributed by atoms with E-state index in [4.69, 9.17) is 4.74 Å². The number of hydrogen-bond acceptors (Lipinski definition) is 4. The Morgan fingerprint density at radius 3 is 2.67 bits per heavy atom. The molecule has 1 fully saturated rings. The van der Waals surface area contributed by atoms with Crippen LogP contribution in [0.1, 0.15) is 32.6 Å². The van der Waals surface area contributed by atoms with Gasteiger partial charge >= 0.3 is 5.97 Å². The number of nitrogens with one attached hydrogen (secondary N) is 2. The fraction of sp³-hybridized carbons (Fsp3) is 0.556. The number of thioether (sulfide) groups is 1. The van der Waals surface area contributed by atoms with Crippen LogP contribution in [0.5, 0.6) is 0 Å². The number of aliphatic imine (C=N–C) groups is 1. The van der Waals surface area contributed by atoms with Gasteiger partial charge in [0, 0.05) is 36.2 Å². The molecule has 0 spiro atoms. The van der Waals surface area contributed by atoms with E-state index in [1.54, 1.807) is 7.05 Å². The molecule has 0 aromatic heterocycles. The van der Waals surface area contributed by atoms with Crippen LogP contribution in [0, 0.1) is 0 Å². The molecule has 0 unspecified atom stereocenters. The molecule has 2 N–H and O–H groups in total. The molecule has 1 aromatic carbocycles. The average molecular weight is 350 g/mol. The van der Waals surface area contributed by atoms with Crippen molar-refractivity contribution in [1.82, 2.24) is 10.6 Å². The number of nitrogens with zero attached hydrogens (tertiary/aromatic N) is 1. The normalized spacial score (nSPS) is 15.7. The molecular weight excluding hydrogens is 322 g/mol. The van der Waals surface area contributed by atoms with Gasteiger partial charge in [-0.3, -0.25) is 9.79 Å². The number of esters is 1. The highest BCUT2D eigenvalue weighted by Crippen LogP contribution is 2.51. The van der Waals surface area contributed by atoms with Gasteiger partial charge in [-0.25, -0.2) is 0 Å². The summed E-state index contributed by atoms with van der Waals surface area (Å²) in [6.45, 7) is 3.86. The number of ether oxygens (including phenoxy) is 1. The quantitative estimate of drug-likeness (QED) is 0.311. The molecule has 132 valence electrons. The van der Waals surface area contributed by atoms with Crippen molar-refractivity contribution in [2.45, 2.75) is 42.2 Å². The standard InChI is InChI=1S/C18H27N3O2S/c1-3-23-16(22)10-7-13-20-17(19-2)21-14-18(11-12-18)24-15-8-5-4-6-9-15/h4-6,8-9H,3,7,10-14H2,1-2H3,(H2,19,20,21). The zero-order valence-corrected chi connectivity index (χ0v) is 15.3. The average Bonchev–Trinajstić information content (AvgIpc) is 3.35. The molecule has 0 amide bonds. The van der Waals surface area contributed by atoms with Gasteiger partial charge in [0.1, 0.15) is 0 Å². The first-order chi connectivity index (χ1) is 11.7. The number of hydrogen-bond donors (Lipinski definition) is 2. The minimum absolute atomic E-state index is 0.140. The molecule has 0 radical (unpaired) electrons. The molecule has 1 aromatic rings. The Morgan fingerprint density at radius 2 is 2.04 bits per heavy atom. The summed E-state index contributed by atoms with van der Waals surface area (Å²) in [4.78, 5) is 16.9. The zero-order valence-electron chi connectivity index (χ0n) is 14.5. The molecule has 1 aliphatic rings. The van der Waals surface area contributed by atoms with Crippen molar-refractivity contribution in [2.75, 3.05) is 26.7 Å². The predicted molar refractivity (Wildman–Crippen MR) is 99.5 cm³/mol. The number of benzene rings is 1. The topological polar surface area (TPSA) is 62.7 Å². The minimum Gasteiger partial charge on any atom is -0.466 e. The maximum atomic E-state index is 11.3. The van der Waals surface area contributed by atoms with Crippen LogP contribution in [0.2, 0.25) is 0 Å². The number of carbonyl (C=O) groups excluding carboxylic acids is 1. The van der Waals surface area contributed by atoms with Crippen LogP contribution in [-0.2, 0) is 9.53 Å². The fourth-order valence-electron chi connectivity index (χ4n) is 2.33. The number of rotatable bonds is 9. The minimum atomic E-state index is -0.140. The van der Waals surface area contributed by atoms with E-state index in [2.05, 4.69) is 39.9 Å². The van der Waals surface area contributed by atoms with Gasteiger partial charge in [-0.1, -0.05) is 18.2 Å². The highest BCUT2D eigenvalue weighted by molar-refractivity contribution is 8.01. The van der Waals surface area contributed by atoms with E-state index in [1.165, 1.54) is 17.7 Å². The Kier molecular flexibility index (Phi) is 7.43. The van der Waals surface area contributed by atoms with E-state index in [-0.39, 0.29) is 10.7 Å². The van der Waals surface area contributed by atoms with Gasteiger partial charge in [-0.05, 0) is 38.3 Å². The second-order valence-corrected chi connectivity index (χ2v) is 7.40. The van der Waals surface area contributed by atoms with Crippen molar-refractivity contribution in [2.24, 2.45) is 4.99 Å². The summed E-state index contributed by atoms with van der Waals surface area (Å²) >= 11 is 1.94. The Morgan fingerprint density at radius 1 is 1.29 bits per heavy atom. The summed E-state index contributed by atoms with van der Waals surface area (Å²) in [6, 6.07) is 10.5. The van der Waals surface area contributed by atoms with Crippen LogP contribution < -0.4 is 10.6 Å². The highest BCUT2D eigenvalue weighted by Gasteiger charge is 2.43. The molecule has 0 heterocycles. The molecule has 0 bridgehead atoms. The molecule has 1 saturated carbocycles. The molecule has 0 aliphatic heterocycles. The lowest BCUT2D eigenvalue weighted by molar-refractivity contribution is -0.143. The molecule has 0 atom stereocenters. The van der Waals surface area contributed by atoms with Crippen LogP contribution in [0.4, 0.5) is 0 Å². The van der Waals surface area contributed by atoms with Crippen LogP contribution in [0.15, 0.2) is 40.2 Å². The van der Waals surface area contributed by atoms with E-state index in [9.17, 15) is 4.79 Å². The molecule has 1 aliphatic carbocycles. The number of carbonyl (C=O) groups is 1. The first-order valence-corrected chi connectivity index (χ1v) is 9.33. The summed E-state index contributed by atoms with van der Waals surface area (Å²) in [6.07, 6.45) is 3.62. The van der Waals surface area contributed by atoms with Crippen molar-refractivity contribution < 1.29 is 9.53 Å². The summed E-state index contributed by atoms with van der Waals surface area (Å²) in [5, 5.41) is 6.66. The first-order valence-electron chi connectivity index (χ1n) is 8.52. The van der Waals surface area contributed by atoms with Crippen molar-refractivity contribution in [1.29, 1.82) is 0 Å². The Balaban J connectivity index is 1.67. The maximum absolute atomic E-state index is 11.3. The van der Waals surface area contributed by atoms with E-state index in [0.29, 0.717) is 19.6 Å². The molecule has 5 nitrogen and oxygen atoms in total. The van der Waals surface area contributed by atoms with Crippen molar-refractivity contribution in [3.63, 3.8) is 0 Å². The summed E-state index contributed by atoms with van der Waals surface area (Å²) in [5.41, 5.74) is 0. The Labute approximate surface area is 148 Å². The van der Waals surface area contributed by atoms with Crippen LogP contribution in [0.3, 0.4) is 0 Å².